The molecule has 1 aliphatic rings. The lowest BCUT2D eigenvalue weighted by atomic mass is 9.97. The Kier molecular flexibility index (Phi) is 8.04. The molecule has 5 heterocycles. The first-order valence-corrected chi connectivity index (χ1v) is 15.8. The molecule has 0 amide bonds. The van der Waals surface area contributed by atoms with Gasteiger partial charge in [-0.05, 0) is 43.0 Å². The molecule has 254 valence electrons. The van der Waals surface area contributed by atoms with E-state index in [0.29, 0.717) is 40.9 Å². The highest BCUT2D eigenvalue weighted by atomic mass is 19.4. The second-order valence-corrected chi connectivity index (χ2v) is 11.8. The maximum absolute atomic E-state index is 16.2. The predicted octanol–water partition coefficient (Wildman–Crippen LogP) is 7.04. The fraction of sp³-hybridized carbons (Fsp3) is 0.314. The Morgan fingerprint density at radius 1 is 1.04 bits per heavy atom. The van der Waals surface area contributed by atoms with Crippen molar-refractivity contribution in [3.05, 3.63) is 105 Å². The average molecular weight is 677 g/mol. The number of alkyl halides is 3. The number of hydrogen-bond acceptors (Lipinski definition) is 8. The summed E-state index contributed by atoms with van der Waals surface area (Å²) in [4.78, 5) is 21.7. The van der Waals surface area contributed by atoms with E-state index in [1.54, 1.807) is 22.6 Å². The zero-order valence-electron chi connectivity index (χ0n) is 27.2. The lowest BCUT2D eigenvalue weighted by Crippen LogP contribution is -2.31. The number of nitrogens with zero attached hydrogens (tertiary/aromatic N) is 6. The molecule has 0 unspecified atom stereocenters. The Bertz CT molecular complexity index is 2230. The first-order valence-electron chi connectivity index (χ1n) is 15.8. The van der Waals surface area contributed by atoms with Crippen LogP contribution in [0.25, 0.3) is 27.8 Å². The van der Waals surface area contributed by atoms with Crippen LogP contribution in [-0.4, -0.2) is 38.0 Å². The first kappa shape index (κ1) is 32.2. The van der Waals surface area contributed by atoms with E-state index in [4.69, 9.17) is 18.7 Å². The Balaban J connectivity index is 1.46. The van der Waals surface area contributed by atoms with Gasteiger partial charge in [0.1, 0.15) is 5.76 Å². The zero-order chi connectivity index (χ0) is 34.6. The van der Waals surface area contributed by atoms with Gasteiger partial charge in [0.05, 0.1) is 41.8 Å². The lowest BCUT2D eigenvalue weighted by molar-refractivity contribution is -0.138. The molecule has 7 rings (SSSR count). The minimum Gasteiger partial charge on any atom is -0.492 e. The molecule has 0 radical (unpaired) electrons. The summed E-state index contributed by atoms with van der Waals surface area (Å²) >= 11 is 0. The van der Waals surface area contributed by atoms with E-state index >= 15 is 4.39 Å². The summed E-state index contributed by atoms with van der Waals surface area (Å²) in [5, 5.41) is 5.79. The average Bonchev–Trinajstić information content (AvgIpc) is 3.77. The molecule has 0 N–H and O–H groups in total. The molecule has 0 saturated carbocycles. The van der Waals surface area contributed by atoms with E-state index in [9.17, 15) is 18.0 Å². The maximum Gasteiger partial charge on any atom is 0.519 e. The van der Waals surface area contributed by atoms with Gasteiger partial charge in [-0.3, -0.25) is 0 Å². The highest BCUT2D eigenvalue weighted by Gasteiger charge is 2.34. The quantitative estimate of drug-likeness (QED) is 0.158. The number of para-hydroxylation sites is 1. The SMILES string of the molecule is CCc1cccc(CC)c1-n1nc2c(c1-c1cc(F)c(OC)c3c1ccn3Cc1oc(=O)oc1C)CN(c1ncc(C(F)(F)F)cn1)CC2. The van der Waals surface area contributed by atoms with Crippen LogP contribution < -0.4 is 15.5 Å². The van der Waals surface area contributed by atoms with E-state index in [0.717, 1.165) is 53.3 Å². The second kappa shape index (κ2) is 12.2. The normalized spacial score (nSPS) is 13.3. The summed E-state index contributed by atoms with van der Waals surface area (Å²) < 4.78 is 75.5. The van der Waals surface area contributed by atoms with Gasteiger partial charge < -0.3 is 23.0 Å². The zero-order valence-corrected chi connectivity index (χ0v) is 27.2. The van der Waals surface area contributed by atoms with Gasteiger partial charge in [0.15, 0.2) is 17.3 Å². The van der Waals surface area contributed by atoms with Gasteiger partial charge in [-0.25, -0.2) is 23.8 Å². The molecule has 0 fully saturated rings. The van der Waals surface area contributed by atoms with Crippen molar-refractivity contribution in [3.8, 4) is 22.7 Å². The molecule has 0 bridgehead atoms. The fourth-order valence-electron chi connectivity index (χ4n) is 6.62. The number of hydrogen-bond donors (Lipinski definition) is 0. The maximum atomic E-state index is 16.2. The van der Waals surface area contributed by atoms with Crippen molar-refractivity contribution >= 4 is 16.9 Å². The van der Waals surface area contributed by atoms with Crippen molar-refractivity contribution in [1.82, 2.24) is 24.3 Å². The summed E-state index contributed by atoms with van der Waals surface area (Å²) in [6.07, 6.45) is 0.650. The van der Waals surface area contributed by atoms with Crippen LogP contribution in [0, 0.1) is 12.7 Å². The van der Waals surface area contributed by atoms with Crippen molar-refractivity contribution in [1.29, 1.82) is 0 Å². The van der Waals surface area contributed by atoms with Crippen LogP contribution in [-0.2, 0) is 38.5 Å². The molecular formula is C35H32F4N6O4. The van der Waals surface area contributed by atoms with Gasteiger partial charge >= 0.3 is 12.0 Å². The molecule has 14 heteroatoms. The molecule has 10 nitrogen and oxygen atoms in total. The Morgan fingerprint density at radius 2 is 1.76 bits per heavy atom. The van der Waals surface area contributed by atoms with Crippen molar-refractivity contribution in [2.24, 2.45) is 0 Å². The molecule has 49 heavy (non-hydrogen) atoms. The Morgan fingerprint density at radius 3 is 2.37 bits per heavy atom. The van der Waals surface area contributed by atoms with E-state index in [1.807, 2.05) is 28.9 Å². The summed E-state index contributed by atoms with van der Waals surface area (Å²) in [7, 11) is 1.39. The smallest absolute Gasteiger partial charge is 0.492 e. The van der Waals surface area contributed by atoms with E-state index < -0.39 is 23.4 Å². The molecule has 6 aromatic rings. The van der Waals surface area contributed by atoms with Crippen LogP contribution >= 0.6 is 0 Å². The second-order valence-electron chi connectivity index (χ2n) is 11.8. The molecule has 0 spiro atoms. The van der Waals surface area contributed by atoms with Crippen LogP contribution in [0.3, 0.4) is 0 Å². The number of ether oxygens (including phenoxy) is 1. The first-order chi connectivity index (χ1) is 23.5. The van der Waals surface area contributed by atoms with Crippen LogP contribution in [0.5, 0.6) is 5.75 Å². The fourth-order valence-corrected chi connectivity index (χ4v) is 6.62. The van der Waals surface area contributed by atoms with E-state index in [1.165, 1.54) is 13.2 Å². The summed E-state index contributed by atoms with van der Waals surface area (Å²) in [5.74, 6) is -0.695. The van der Waals surface area contributed by atoms with Crippen LogP contribution in [0.2, 0.25) is 0 Å². The number of benzene rings is 2. The standard InChI is InChI=1S/C35H32F4N6O4/c1-5-20-8-7-9-21(6-2)29(20)45-30(25-17-44(13-11-27(25)42-45)33-40-15-22(16-41-33)35(37,38)39)24-14-26(36)32(47-4)31-23(24)10-12-43(31)18-28-19(3)48-34(46)49-28/h7-10,12,14-16H,5-6,11,13,17-18H2,1-4H3. The Hall–Kier alpha value is -5.40. The number of fused-ring (bicyclic) bond motifs is 2. The molecular weight excluding hydrogens is 644 g/mol. The van der Waals surface area contributed by atoms with Gasteiger partial charge in [-0.1, -0.05) is 32.0 Å². The van der Waals surface area contributed by atoms with Gasteiger partial charge in [-0.2, -0.15) is 18.3 Å². The number of methoxy groups -OCH3 is 1. The van der Waals surface area contributed by atoms with Gasteiger partial charge in [0, 0.05) is 54.6 Å². The predicted molar refractivity (Wildman–Crippen MR) is 173 cm³/mol. The summed E-state index contributed by atoms with van der Waals surface area (Å²) in [6, 6.07) is 9.37. The molecule has 4 aromatic heterocycles. The van der Waals surface area contributed by atoms with Crippen molar-refractivity contribution in [3.63, 3.8) is 0 Å². The number of rotatable bonds is 8. The molecule has 0 aliphatic carbocycles. The van der Waals surface area contributed by atoms with Gasteiger partial charge in [-0.15, -0.1) is 0 Å². The number of halogens is 4. The minimum absolute atomic E-state index is 0.00941. The Labute approximate surface area is 277 Å². The van der Waals surface area contributed by atoms with Gasteiger partial charge in [0.25, 0.3) is 0 Å². The molecule has 1 aliphatic heterocycles. The monoisotopic (exact) mass is 676 g/mol. The van der Waals surface area contributed by atoms with Gasteiger partial charge in [0.2, 0.25) is 5.95 Å². The van der Waals surface area contributed by atoms with Crippen molar-refractivity contribution in [2.45, 2.75) is 59.3 Å². The highest BCUT2D eigenvalue weighted by Crippen LogP contribution is 2.43. The minimum atomic E-state index is -4.56. The number of aromatic nitrogens is 5. The van der Waals surface area contributed by atoms with Crippen LogP contribution in [0.4, 0.5) is 23.5 Å². The highest BCUT2D eigenvalue weighted by molar-refractivity contribution is 5.99. The third kappa shape index (κ3) is 5.54. The van der Waals surface area contributed by atoms with E-state index in [2.05, 4.69) is 23.8 Å². The lowest BCUT2D eigenvalue weighted by Gasteiger charge is -2.27. The number of anilines is 1. The third-order valence-corrected chi connectivity index (χ3v) is 9.02. The van der Waals surface area contributed by atoms with Crippen LogP contribution in [0.15, 0.2) is 62.6 Å². The largest absolute Gasteiger partial charge is 0.519 e. The summed E-state index contributed by atoms with van der Waals surface area (Å²) in [6.45, 7) is 6.46. The third-order valence-electron chi connectivity index (χ3n) is 9.02. The molecule has 0 saturated heterocycles. The molecule has 0 atom stereocenters. The number of aryl methyl sites for hydroxylation is 3. The topological polar surface area (TPSA) is 104 Å². The summed E-state index contributed by atoms with van der Waals surface area (Å²) in [5.41, 5.74) is 5.23. The van der Waals surface area contributed by atoms with Crippen molar-refractivity contribution in [2.75, 3.05) is 18.6 Å². The van der Waals surface area contributed by atoms with Crippen molar-refractivity contribution < 1.29 is 31.1 Å². The van der Waals surface area contributed by atoms with E-state index in [-0.39, 0.29) is 30.5 Å². The van der Waals surface area contributed by atoms with Crippen LogP contribution in [0.1, 0.15) is 53.3 Å². The molecule has 2 aromatic carbocycles.